The number of carboxylic acid groups (broad SMARTS) is 2. The largest absolute Gasteiger partial charge is 0.478 e. The van der Waals surface area contributed by atoms with Gasteiger partial charge in [-0.2, -0.15) is 0 Å². The van der Waals surface area contributed by atoms with Crippen molar-refractivity contribution in [2.75, 3.05) is 26.8 Å². The molecular weight excluding hydrogens is 424 g/mol. The number of carboxylic acids is 1. The maximum Gasteiger partial charge on any atom is 0.413 e. The van der Waals surface area contributed by atoms with Crippen molar-refractivity contribution >= 4 is 24.1 Å². The summed E-state index contributed by atoms with van der Waals surface area (Å²) < 4.78 is 15.7. The summed E-state index contributed by atoms with van der Waals surface area (Å²) in [6.07, 6.45) is -0.807. The van der Waals surface area contributed by atoms with E-state index in [4.69, 9.17) is 14.2 Å². The maximum absolute atomic E-state index is 12.7. The first kappa shape index (κ1) is 24.9. The molecule has 0 aromatic carbocycles. The predicted molar refractivity (Wildman–Crippen MR) is 111 cm³/mol. The highest BCUT2D eigenvalue weighted by Crippen LogP contribution is 2.34. The third kappa shape index (κ3) is 5.47. The quantitative estimate of drug-likeness (QED) is 0.601. The molecule has 11 heteroatoms. The molecule has 1 unspecified atom stereocenters. The van der Waals surface area contributed by atoms with Gasteiger partial charge in [-0.15, -0.1) is 0 Å². The van der Waals surface area contributed by atoms with Crippen LogP contribution in [0.2, 0.25) is 0 Å². The monoisotopic (exact) mass is 452 g/mol. The van der Waals surface area contributed by atoms with E-state index in [0.29, 0.717) is 10.5 Å². The summed E-state index contributed by atoms with van der Waals surface area (Å²) in [4.78, 5) is 50.9. The molecule has 2 aliphatic rings. The van der Waals surface area contributed by atoms with Gasteiger partial charge in [-0.1, -0.05) is 0 Å². The fourth-order valence-corrected chi connectivity index (χ4v) is 3.42. The molecule has 0 spiro atoms. The molecule has 32 heavy (non-hydrogen) atoms. The Hall–Kier alpha value is -3.34. The third-order valence-electron chi connectivity index (χ3n) is 4.71. The highest BCUT2D eigenvalue weighted by atomic mass is 16.6. The lowest BCUT2D eigenvalue weighted by atomic mass is 9.88. The molecule has 0 bridgehead atoms. The molecule has 11 nitrogen and oxygen atoms in total. The molecule has 1 atom stereocenters. The second-order valence-corrected chi connectivity index (χ2v) is 8.06. The number of amides is 2. The van der Waals surface area contributed by atoms with Gasteiger partial charge in [0.25, 0.3) is 0 Å². The van der Waals surface area contributed by atoms with Crippen molar-refractivity contribution in [2.45, 2.75) is 45.9 Å². The second kappa shape index (κ2) is 9.86. The van der Waals surface area contributed by atoms with Crippen LogP contribution in [-0.4, -0.2) is 82.8 Å². The van der Waals surface area contributed by atoms with E-state index in [9.17, 15) is 29.4 Å². The van der Waals surface area contributed by atoms with Crippen LogP contribution < -0.4 is 0 Å². The van der Waals surface area contributed by atoms with Gasteiger partial charge in [-0.25, -0.2) is 19.2 Å². The zero-order valence-corrected chi connectivity index (χ0v) is 18.7. The number of methoxy groups -OCH3 is 1. The van der Waals surface area contributed by atoms with Crippen LogP contribution in [0, 0.1) is 0 Å². The Morgan fingerprint density at radius 1 is 1.19 bits per heavy atom. The van der Waals surface area contributed by atoms with Gasteiger partial charge in [-0.05, 0) is 51.3 Å². The van der Waals surface area contributed by atoms with E-state index >= 15 is 0 Å². The van der Waals surface area contributed by atoms with Crippen molar-refractivity contribution in [3.8, 4) is 0 Å². The first-order valence-electron chi connectivity index (χ1n) is 9.98. The van der Waals surface area contributed by atoms with Gasteiger partial charge in [0.1, 0.15) is 5.60 Å². The van der Waals surface area contributed by atoms with Gasteiger partial charge in [-0.3, -0.25) is 4.90 Å². The fraction of sp³-hybridized carbons (Fsp3) is 0.524. The molecule has 176 valence electrons. The number of esters is 1. The predicted octanol–water partition coefficient (Wildman–Crippen LogP) is 2.35. The lowest BCUT2D eigenvalue weighted by Gasteiger charge is -2.35. The van der Waals surface area contributed by atoms with E-state index in [1.54, 1.807) is 27.7 Å². The Morgan fingerprint density at radius 3 is 2.34 bits per heavy atom. The standard InChI is InChI=1S/C21H28N2O9/c1-6-31-18(26)14-11-22(20(29)32-21(2,3)4)9-7-12(14)13-8-10-23(19(27)28)16(30-5)15(13)17(24)25/h8,10,16H,6-7,9,11H2,1-5H3,(H,24,25)(H,27,28). The van der Waals surface area contributed by atoms with E-state index in [0.717, 1.165) is 0 Å². The summed E-state index contributed by atoms with van der Waals surface area (Å²) in [5.41, 5.74) is -0.471. The Balaban J connectivity index is 2.58. The summed E-state index contributed by atoms with van der Waals surface area (Å²) in [5, 5.41) is 19.2. The summed E-state index contributed by atoms with van der Waals surface area (Å²) in [5.74, 6) is -2.09. The summed E-state index contributed by atoms with van der Waals surface area (Å²) in [7, 11) is 1.19. The van der Waals surface area contributed by atoms with Gasteiger partial charge in [0.2, 0.25) is 0 Å². The summed E-state index contributed by atoms with van der Waals surface area (Å²) >= 11 is 0. The molecule has 0 fully saturated rings. The molecule has 2 N–H and O–H groups in total. The highest BCUT2D eigenvalue weighted by Gasteiger charge is 2.38. The van der Waals surface area contributed by atoms with Crippen molar-refractivity contribution in [1.29, 1.82) is 0 Å². The molecule has 2 heterocycles. The summed E-state index contributed by atoms with van der Waals surface area (Å²) in [6, 6.07) is 0. The molecule has 0 radical (unpaired) electrons. The third-order valence-corrected chi connectivity index (χ3v) is 4.71. The summed E-state index contributed by atoms with van der Waals surface area (Å²) in [6.45, 7) is 6.89. The molecule has 0 saturated heterocycles. The second-order valence-electron chi connectivity index (χ2n) is 8.06. The Kier molecular flexibility index (Phi) is 7.68. The zero-order valence-electron chi connectivity index (χ0n) is 18.7. The van der Waals surface area contributed by atoms with Crippen LogP contribution in [0.1, 0.15) is 34.1 Å². The highest BCUT2D eigenvalue weighted by molar-refractivity contribution is 5.96. The molecule has 2 amide bonds. The van der Waals surface area contributed by atoms with Crippen molar-refractivity contribution in [3.05, 3.63) is 34.6 Å². The van der Waals surface area contributed by atoms with Gasteiger partial charge >= 0.3 is 24.1 Å². The number of nitrogens with zero attached hydrogens (tertiary/aromatic N) is 2. The zero-order chi connectivity index (χ0) is 24.2. The Bertz CT molecular complexity index is 895. The van der Waals surface area contributed by atoms with E-state index < -0.39 is 36.0 Å². The van der Waals surface area contributed by atoms with E-state index in [1.165, 1.54) is 24.3 Å². The van der Waals surface area contributed by atoms with Crippen molar-refractivity contribution in [2.24, 2.45) is 0 Å². The minimum Gasteiger partial charge on any atom is -0.478 e. The van der Waals surface area contributed by atoms with Gasteiger partial charge in [0, 0.05) is 19.9 Å². The van der Waals surface area contributed by atoms with Crippen molar-refractivity contribution < 1.29 is 43.6 Å². The van der Waals surface area contributed by atoms with Crippen LogP contribution in [0.5, 0.6) is 0 Å². The normalized spacial score (nSPS) is 19.2. The van der Waals surface area contributed by atoms with Crippen molar-refractivity contribution in [3.63, 3.8) is 0 Å². The van der Waals surface area contributed by atoms with Crippen LogP contribution in [0.4, 0.5) is 9.59 Å². The van der Waals surface area contributed by atoms with Gasteiger partial charge in [0.05, 0.1) is 24.3 Å². The van der Waals surface area contributed by atoms with Crippen LogP contribution >= 0.6 is 0 Å². The number of allylic oxidation sites excluding steroid dienone is 2. The van der Waals surface area contributed by atoms with E-state index in [1.807, 2.05) is 0 Å². The number of carbonyl (C=O) groups excluding carboxylic acids is 2. The SMILES string of the molecule is CCOC(=O)C1=C(C2=C(C(=O)O)C(OC)N(C(=O)O)C=C2)CCN(C(=O)OC(C)(C)C)C1. The van der Waals surface area contributed by atoms with E-state index in [2.05, 4.69) is 0 Å². The van der Waals surface area contributed by atoms with Crippen LogP contribution in [-0.2, 0) is 23.8 Å². The molecule has 2 rings (SSSR count). The maximum atomic E-state index is 12.7. The number of carbonyl (C=O) groups is 4. The molecule has 0 aromatic heterocycles. The first-order chi connectivity index (χ1) is 14.9. The molecule has 0 aromatic rings. The average molecular weight is 452 g/mol. The molecular formula is C21H28N2O9. The number of hydrogen-bond donors (Lipinski definition) is 2. The van der Waals surface area contributed by atoms with Gasteiger partial charge in [0.15, 0.2) is 6.23 Å². The lowest BCUT2D eigenvalue weighted by Crippen LogP contribution is -2.44. The molecule has 0 aliphatic carbocycles. The molecule has 0 saturated carbocycles. The Labute approximate surface area is 185 Å². The minimum absolute atomic E-state index is 0.0796. The fourth-order valence-electron chi connectivity index (χ4n) is 3.42. The van der Waals surface area contributed by atoms with Gasteiger partial charge < -0.3 is 29.3 Å². The number of ether oxygens (including phenoxy) is 3. The first-order valence-corrected chi connectivity index (χ1v) is 9.98. The van der Waals surface area contributed by atoms with Crippen LogP contribution in [0.3, 0.4) is 0 Å². The van der Waals surface area contributed by atoms with Crippen LogP contribution in [0.15, 0.2) is 34.6 Å². The lowest BCUT2D eigenvalue weighted by molar-refractivity contribution is -0.139. The van der Waals surface area contributed by atoms with Crippen molar-refractivity contribution in [1.82, 2.24) is 9.80 Å². The molecule has 2 aliphatic heterocycles. The van der Waals surface area contributed by atoms with E-state index in [-0.39, 0.29) is 42.8 Å². The topological polar surface area (TPSA) is 143 Å². The number of hydrogen-bond acceptors (Lipinski definition) is 7. The smallest absolute Gasteiger partial charge is 0.413 e. The number of aliphatic carboxylic acids is 1. The average Bonchev–Trinajstić information content (AvgIpc) is 2.70. The number of rotatable bonds is 5. The Morgan fingerprint density at radius 2 is 1.84 bits per heavy atom. The minimum atomic E-state index is -1.41. The van der Waals surface area contributed by atoms with Crippen LogP contribution in [0.25, 0.3) is 0 Å².